The quantitative estimate of drug-likeness (QED) is 0.258. The van der Waals surface area contributed by atoms with Gasteiger partial charge < -0.3 is 4.74 Å². The summed E-state index contributed by atoms with van der Waals surface area (Å²) in [5, 5.41) is 7.13. The standard InChI is InChI=1S/C22H25N3OS/c1-2-3-4-10-15-26-21-14-9-8-13-19(21)16-23-25-22-24-20(17-27-22)18-11-6-5-7-12-18/h5-9,11-14,16-17H,2-4,10,15H2,1H3,(H,24,25)/b23-16+. The van der Waals surface area contributed by atoms with Crippen molar-refractivity contribution in [1.82, 2.24) is 4.98 Å². The van der Waals surface area contributed by atoms with Crippen LogP contribution >= 0.6 is 11.3 Å². The predicted octanol–water partition coefficient (Wildman–Crippen LogP) is 6.22. The monoisotopic (exact) mass is 379 g/mol. The van der Waals surface area contributed by atoms with Crippen LogP contribution in [0.1, 0.15) is 38.2 Å². The zero-order valence-electron chi connectivity index (χ0n) is 15.6. The lowest BCUT2D eigenvalue weighted by Crippen LogP contribution is -2.00. The van der Waals surface area contributed by atoms with Gasteiger partial charge >= 0.3 is 0 Å². The van der Waals surface area contributed by atoms with E-state index in [4.69, 9.17) is 4.74 Å². The second-order valence-electron chi connectivity index (χ2n) is 6.22. The number of aromatic nitrogens is 1. The first-order valence-corrected chi connectivity index (χ1v) is 10.3. The Morgan fingerprint density at radius 1 is 1.04 bits per heavy atom. The van der Waals surface area contributed by atoms with Crippen LogP contribution in [-0.4, -0.2) is 17.8 Å². The average Bonchev–Trinajstić information content (AvgIpc) is 3.18. The Morgan fingerprint density at radius 3 is 2.70 bits per heavy atom. The summed E-state index contributed by atoms with van der Waals surface area (Å²) >= 11 is 1.54. The molecule has 4 nitrogen and oxygen atoms in total. The smallest absolute Gasteiger partial charge is 0.203 e. The Hall–Kier alpha value is -2.66. The molecule has 3 rings (SSSR count). The van der Waals surface area contributed by atoms with Crippen molar-refractivity contribution in [3.8, 4) is 17.0 Å². The van der Waals surface area contributed by atoms with E-state index < -0.39 is 0 Å². The van der Waals surface area contributed by atoms with Gasteiger partial charge in [0, 0.05) is 16.5 Å². The number of hydrogen-bond acceptors (Lipinski definition) is 5. The lowest BCUT2D eigenvalue weighted by Gasteiger charge is -2.08. The first-order chi connectivity index (χ1) is 13.4. The van der Waals surface area contributed by atoms with Crippen LogP contribution in [0, 0.1) is 0 Å². The molecule has 0 saturated heterocycles. The van der Waals surface area contributed by atoms with Crippen LogP contribution in [0.4, 0.5) is 5.13 Å². The van der Waals surface area contributed by atoms with E-state index in [0.717, 1.165) is 40.7 Å². The van der Waals surface area contributed by atoms with Crippen LogP contribution in [0.3, 0.4) is 0 Å². The van der Waals surface area contributed by atoms with E-state index in [-0.39, 0.29) is 0 Å². The van der Waals surface area contributed by atoms with Gasteiger partial charge in [-0.3, -0.25) is 5.43 Å². The number of thiazole rings is 1. The topological polar surface area (TPSA) is 46.5 Å². The van der Waals surface area contributed by atoms with E-state index >= 15 is 0 Å². The fourth-order valence-corrected chi connectivity index (χ4v) is 3.32. The van der Waals surface area contributed by atoms with E-state index in [1.165, 1.54) is 30.6 Å². The number of anilines is 1. The van der Waals surface area contributed by atoms with Crippen molar-refractivity contribution in [2.24, 2.45) is 5.10 Å². The molecule has 0 radical (unpaired) electrons. The molecular weight excluding hydrogens is 354 g/mol. The summed E-state index contributed by atoms with van der Waals surface area (Å²) in [6.45, 7) is 2.95. The van der Waals surface area contributed by atoms with E-state index in [1.54, 1.807) is 6.21 Å². The molecule has 0 aliphatic heterocycles. The molecule has 0 atom stereocenters. The first-order valence-electron chi connectivity index (χ1n) is 9.38. The van der Waals surface area contributed by atoms with Crippen LogP contribution in [0.5, 0.6) is 5.75 Å². The number of nitrogens with zero attached hydrogens (tertiary/aromatic N) is 2. The lowest BCUT2D eigenvalue weighted by molar-refractivity contribution is 0.304. The molecule has 0 aliphatic rings. The number of ether oxygens (including phenoxy) is 1. The van der Waals surface area contributed by atoms with Crippen LogP contribution < -0.4 is 10.2 Å². The van der Waals surface area contributed by atoms with E-state index in [2.05, 4.69) is 34.6 Å². The van der Waals surface area contributed by atoms with Gasteiger partial charge in [-0.25, -0.2) is 4.98 Å². The Balaban J connectivity index is 1.56. The highest BCUT2D eigenvalue weighted by atomic mass is 32.1. The zero-order valence-corrected chi connectivity index (χ0v) is 16.4. The van der Waals surface area contributed by atoms with Gasteiger partial charge in [0.1, 0.15) is 5.75 Å². The summed E-state index contributed by atoms with van der Waals surface area (Å²) in [6, 6.07) is 18.1. The summed E-state index contributed by atoms with van der Waals surface area (Å²) in [7, 11) is 0. The van der Waals surface area contributed by atoms with Crippen LogP contribution in [0.25, 0.3) is 11.3 Å². The normalized spacial score (nSPS) is 11.0. The highest BCUT2D eigenvalue weighted by molar-refractivity contribution is 7.14. The fourth-order valence-electron chi connectivity index (χ4n) is 2.65. The third kappa shape index (κ3) is 5.93. The van der Waals surface area contributed by atoms with Gasteiger partial charge in [0.15, 0.2) is 0 Å². The Labute approximate surface area is 164 Å². The van der Waals surface area contributed by atoms with Crippen molar-refractivity contribution in [1.29, 1.82) is 0 Å². The Bertz CT molecular complexity index is 846. The summed E-state index contributed by atoms with van der Waals surface area (Å²) in [5.74, 6) is 0.865. The number of rotatable bonds is 10. The summed E-state index contributed by atoms with van der Waals surface area (Å²) in [5.41, 5.74) is 6.03. The number of hydrazone groups is 1. The molecule has 0 bridgehead atoms. The Morgan fingerprint density at radius 2 is 1.85 bits per heavy atom. The number of para-hydroxylation sites is 1. The molecule has 0 unspecified atom stereocenters. The van der Waals surface area contributed by atoms with E-state index in [1.807, 2.05) is 47.8 Å². The average molecular weight is 380 g/mol. The van der Waals surface area contributed by atoms with Gasteiger partial charge in [0.2, 0.25) is 5.13 Å². The molecule has 3 aromatic rings. The largest absolute Gasteiger partial charge is 0.493 e. The number of hydrogen-bond donors (Lipinski definition) is 1. The zero-order chi connectivity index (χ0) is 18.7. The van der Waals surface area contributed by atoms with Crippen molar-refractivity contribution in [3.63, 3.8) is 0 Å². The minimum Gasteiger partial charge on any atom is -0.493 e. The van der Waals surface area contributed by atoms with Crippen molar-refractivity contribution < 1.29 is 4.74 Å². The second-order valence-corrected chi connectivity index (χ2v) is 7.08. The van der Waals surface area contributed by atoms with Gasteiger partial charge in [-0.05, 0) is 18.6 Å². The predicted molar refractivity (Wildman–Crippen MR) is 115 cm³/mol. The maximum atomic E-state index is 5.92. The van der Waals surface area contributed by atoms with Crippen molar-refractivity contribution in [3.05, 3.63) is 65.5 Å². The molecule has 2 aromatic carbocycles. The molecule has 0 spiro atoms. The second kappa shape index (κ2) is 10.5. The minimum atomic E-state index is 0.741. The highest BCUT2D eigenvalue weighted by Gasteiger charge is 2.04. The summed E-state index contributed by atoms with van der Waals surface area (Å²) < 4.78 is 5.92. The molecule has 27 heavy (non-hydrogen) atoms. The molecule has 5 heteroatoms. The molecule has 1 N–H and O–H groups in total. The number of unbranched alkanes of at least 4 members (excludes halogenated alkanes) is 3. The van der Waals surface area contributed by atoms with Gasteiger partial charge in [-0.1, -0.05) is 68.7 Å². The van der Waals surface area contributed by atoms with E-state index in [0.29, 0.717) is 0 Å². The molecule has 1 heterocycles. The maximum Gasteiger partial charge on any atom is 0.203 e. The van der Waals surface area contributed by atoms with E-state index in [9.17, 15) is 0 Å². The third-order valence-electron chi connectivity index (χ3n) is 4.11. The molecule has 0 fully saturated rings. The maximum absolute atomic E-state index is 5.92. The van der Waals surface area contributed by atoms with Crippen LogP contribution in [0.15, 0.2) is 65.1 Å². The van der Waals surface area contributed by atoms with Gasteiger partial charge in [-0.15, -0.1) is 11.3 Å². The van der Waals surface area contributed by atoms with Gasteiger partial charge in [0.05, 0.1) is 18.5 Å². The van der Waals surface area contributed by atoms with Crippen molar-refractivity contribution in [2.45, 2.75) is 32.6 Å². The molecule has 140 valence electrons. The molecule has 0 aliphatic carbocycles. The molecular formula is C22H25N3OS. The minimum absolute atomic E-state index is 0.741. The highest BCUT2D eigenvalue weighted by Crippen LogP contribution is 2.24. The SMILES string of the molecule is CCCCCCOc1ccccc1/C=N/Nc1nc(-c2ccccc2)cs1. The lowest BCUT2D eigenvalue weighted by atomic mass is 10.2. The molecule has 0 saturated carbocycles. The Kier molecular flexibility index (Phi) is 7.42. The first kappa shape index (κ1) is 19.1. The molecule has 1 aromatic heterocycles. The summed E-state index contributed by atoms with van der Waals surface area (Å²) in [6.07, 6.45) is 6.57. The van der Waals surface area contributed by atoms with Crippen molar-refractivity contribution >= 4 is 22.7 Å². The van der Waals surface area contributed by atoms with Gasteiger partial charge in [-0.2, -0.15) is 5.10 Å². The third-order valence-corrected chi connectivity index (χ3v) is 4.86. The van der Waals surface area contributed by atoms with Crippen LogP contribution in [0.2, 0.25) is 0 Å². The van der Waals surface area contributed by atoms with Crippen molar-refractivity contribution in [2.75, 3.05) is 12.0 Å². The van der Waals surface area contributed by atoms with Crippen LogP contribution in [-0.2, 0) is 0 Å². The molecule has 0 amide bonds. The number of nitrogens with one attached hydrogen (secondary N) is 1. The number of benzene rings is 2. The van der Waals surface area contributed by atoms with Gasteiger partial charge in [0.25, 0.3) is 0 Å². The summed E-state index contributed by atoms with van der Waals surface area (Å²) in [4.78, 5) is 4.57. The fraction of sp³-hybridized carbons (Fsp3) is 0.273.